The van der Waals surface area contributed by atoms with Crippen molar-refractivity contribution in [3.05, 3.63) is 83.5 Å². The second-order valence-corrected chi connectivity index (χ2v) is 12.7. The number of fused-ring (bicyclic) bond motifs is 1. The van der Waals surface area contributed by atoms with Gasteiger partial charge >= 0.3 is 6.03 Å². The van der Waals surface area contributed by atoms with Gasteiger partial charge in [-0.3, -0.25) is 20.7 Å². The Morgan fingerprint density at radius 3 is 2.48 bits per heavy atom. The molecule has 2 atom stereocenters. The average Bonchev–Trinajstić information content (AvgIpc) is 3.01. The van der Waals surface area contributed by atoms with Gasteiger partial charge in [-0.1, -0.05) is 65.0 Å². The molecule has 0 aliphatic heterocycles. The monoisotopic (exact) mass is 627 g/mol. The van der Waals surface area contributed by atoms with E-state index in [-0.39, 0.29) is 43.2 Å². The van der Waals surface area contributed by atoms with Crippen LogP contribution in [0.4, 0.5) is 10.5 Å². The van der Waals surface area contributed by atoms with E-state index in [0.29, 0.717) is 47.4 Å². The third-order valence-electron chi connectivity index (χ3n) is 7.70. The Kier molecular flexibility index (Phi) is 11.1. The Balaban J connectivity index is 1.52. The van der Waals surface area contributed by atoms with E-state index in [0.717, 1.165) is 11.1 Å². The lowest BCUT2D eigenvalue weighted by Crippen LogP contribution is -2.43. The minimum Gasteiger partial charge on any atom is -0.491 e. The first kappa shape index (κ1) is 34.1. The van der Waals surface area contributed by atoms with Crippen LogP contribution in [0.15, 0.2) is 71.9 Å². The number of amides is 2. The van der Waals surface area contributed by atoms with Gasteiger partial charge in [-0.15, -0.1) is 0 Å². The van der Waals surface area contributed by atoms with Crippen molar-refractivity contribution in [2.24, 2.45) is 16.3 Å². The fraction of sp³-hybridized carbons (Fsp3) is 0.400. The largest absolute Gasteiger partial charge is 0.491 e. The average molecular weight is 628 g/mol. The molecular weight excluding hydrogens is 582 g/mol. The number of aliphatic hydroxyl groups excluding tert-OH is 1. The maximum absolute atomic E-state index is 13.4. The van der Waals surface area contributed by atoms with Gasteiger partial charge in [-0.05, 0) is 53.6 Å². The molecule has 1 heterocycles. The number of amidine groups is 1. The number of hydrogen-bond acceptors (Lipinski definition) is 8. The first-order chi connectivity index (χ1) is 21.8. The number of carbonyl (C=O) groups is 1. The second-order valence-electron chi connectivity index (χ2n) is 12.7. The normalized spacial score (nSPS) is 16.4. The van der Waals surface area contributed by atoms with Gasteiger partial charge in [0, 0.05) is 24.1 Å². The molecule has 0 fully saturated rings. The number of ether oxygens (including phenoxy) is 2. The van der Waals surface area contributed by atoms with Crippen molar-refractivity contribution in [1.82, 2.24) is 15.2 Å². The molecule has 0 radical (unpaired) electrons. The maximum atomic E-state index is 13.4. The first-order valence-electron chi connectivity index (χ1n) is 15.5. The zero-order chi connectivity index (χ0) is 33.4. The number of rotatable bonds is 10. The zero-order valence-electron chi connectivity index (χ0n) is 27.2. The van der Waals surface area contributed by atoms with Gasteiger partial charge in [0.25, 0.3) is 0 Å². The molecule has 0 saturated carbocycles. The van der Waals surface area contributed by atoms with Gasteiger partial charge < -0.3 is 25.3 Å². The second kappa shape index (κ2) is 15.0. The minimum absolute atomic E-state index is 0.0431. The smallest absolute Gasteiger partial charge is 0.320 e. The van der Waals surface area contributed by atoms with Gasteiger partial charge in [0.1, 0.15) is 41.4 Å². The highest BCUT2D eigenvalue weighted by Gasteiger charge is 2.30. The summed E-state index contributed by atoms with van der Waals surface area (Å²) >= 11 is 0. The summed E-state index contributed by atoms with van der Waals surface area (Å²) in [5.74, 6) is 1.72. The quantitative estimate of drug-likeness (QED) is 0.115. The van der Waals surface area contributed by atoms with Crippen LogP contribution in [0.5, 0.6) is 11.5 Å². The number of carbonyl (C=O) groups excluding carboxylic acids is 1. The van der Waals surface area contributed by atoms with Crippen molar-refractivity contribution >= 4 is 29.1 Å². The third-order valence-corrected chi connectivity index (χ3v) is 7.70. The molecule has 1 aliphatic rings. The van der Waals surface area contributed by atoms with Crippen LogP contribution < -0.4 is 25.6 Å². The molecule has 0 saturated heterocycles. The highest BCUT2D eigenvalue weighted by molar-refractivity contribution is 6.09. The van der Waals surface area contributed by atoms with E-state index in [4.69, 9.17) is 30.8 Å². The lowest BCUT2D eigenvalue weighted by Gasteiger charge is -2.32. The number of aromatic nitrogens is 1. The van der Waals surface area contributed by atoms with E-state index >= 15 is 0 Å². The molecule has 11 heteroatoms. The van der Waals surface area contributed by atoms with Gasteiger partial charge in [0.05, 0.1) is 24.5 Å². The van der Waals surface area contributed by atoms with Crippen LogP contribution in [-0.4, -0.2) is 46.3 Å². The summed E-state index contributed by atoms with van der Waals surface area (Å²) in [7, 11) is 0. The standard InChI is InChI=1S/C35H45N7O4/c1-22(2)33(38)42-21-25(13-16-31(42)37)46-29-15-14-28(26-11-6-7-12-27(26)29)40-34(44)41-32(20-30(36)35(3,4)5)39-23-9-8-10-24(19-23)45-18-17-43/h6-13,16,19,21-22,28-29,36-38,43H,14-15,17-18,20H2,1-5H3,(H2,39,40,41,44). The van der Waals surface area contributed by atoms with Crippen LogP contribution in [0.3, 0.4) is 0 Å². The van der Waals surface area contributed by atoms with Crippen molar-refractivity contribution in [1.29, 1.82) is 16.2 Å². The lowest BCUT2D eigenvalue weighted by molar-refractivity contribution is 0.171. The molecule has 6 N–H and O–H groups in total. The predicted octanol–water partition coefficient (Wildman–Crippen LogP) is 6.26. The number of hydrogen-bond donors (Lipinski definition) is 6. The molecule has 244 valence electrons. The van der Waals surface area contributed by atoms with Crippen LogP contribution in [-0.2, 0) is 0 Å². The number of pyridine rings is 1. The molecule has 2 unspecified atom stereocenters. The summed E-state index contributed by atoms with van der Waals surface area (Å²) < 4.78 is 13.4. The highest BCUT2D eigenvalue weighted by atomic mass is 16.5. The molecule has 4 rings (SSSR count). The molecular formula is C35H45N7O4. The molecule has 0 spiro atoms. The molecule has 2 aromatic carbocycles. The topological polar surface area (TPSA) is 169 Å². The number of benzene rings is 2. The minimum atomic E-state index is -0.424. The highest BCUT2D eigenvalue weighted by Crippen LogP contribution is 2.38. The summed E-state index contributed by atoms with van der Waals surface area (Å²) in [4.78, 5) is 18.1. The fourth-order valence-corrected chi connectivity index (χ4v) is 5.05. The van der Waals surface area contributed by atoms with Crippen LogP contribution in [0.25, 0.3) is 0 Å². The third kappa shape index (κ3) is 8.91. The van der Waals surface area contributed by atoms with Crippen molar-refractivity contribution in [3.63, 3.8) is 0 Å². The van der Waals surface area contributed by atoms with E-state index in [1.165, 1.54) is 4.57 Å². The van der Waals surface area contributed by atoms with E-state index in [9.17, 15) is 4.79 Å². The molecule has 0 bridgehead atoms. The number of urea groups is 1. The maximum Gasteiger partial charge on any atom is 0.320 e. The fourth-order valence-electron chi connectivity index (χ4n) is 5.05. The van der Waals surface area contributed by atoms with Gasteiger partial charge in [0.15, 0.2) is 0 Å². The van der Waals surface area contributed by atoms with Crippen LogP contribution in [0, 0.1) is 27.6 Å². The summed E-state index contributed by atoms with van der Waals surface area (Å²) in [6, 6.07) is 17.6. The number of aliphatic imine (C=N–C) groups is 1. The summed E-state index contributed by atoms with van der Waals surface area (Å²) in [5, 5.41) is 40.3. The first-order valence-corrected chi connectivity index (χ1v) is 15.5. The molecule has 46 heavy (non-hydrogen) atoms. The lowest BCUT2D eigenvalue weighted by atomic mass is 9.85. The van der Waals surface area contributed by atoms with Crippen molar-refractivity contribution in [3.8, 4) is 11.5 Å². The van der Waals surface area contributed by atoms with Crippen molar-refractivity contribution < 1.29 is 19.4 Å². The molecule has 1 aromatic heterocycles. The predicted molar refractivity (Wildman–Crippen MR) is 180 cm³/mol. The molecule has 3 aromatic rings. The van der Waals surface area contributed by atoms with Crippen LogP contribution in [0.1, 0.15) is 77.2 Å². The number of nitrogens with zero attached hydrogens (tertiary/aromatic N) is 2. The Morgan fingerprint density at radius 2 is 1.78 bits per heavy atom. The SMILES string of the molecule is CC(C)C(=N)n1cc(OC2CCC(NC(=O)NC(CC(=N)C(C)(C)C)=Nc3cccc(OCCO)c3)c3ccccc32)ccc1=N. The number of aliphatic hydroxyl groups is 1. The van der Waals surface area contributed by atoms with E-state index in [2.05, 4.69) is 15.6 Å². The Bertz CT molecular complexity index is 1650. The van der Waals surface area contributed by atoms with Crippen molar-refractivity contribution in [2.45, 2.75) is 66.0 Å². The van der Waals surface area contributed by atoms with E-state index in [1.807, 2.05) is 58.9 Å². The Hall–Kier alpha value is -4.77. The van der Waals surface area contributed by atoms with E-state index in [1.54, 1.807) is 42.6 Å². The number of nitrogens with one attached hydrogen (secondary N) is 5. The molecule has 2 amide bonds. The van der Waals surface area contributed by atoms with Gasteiger partial charge in [-0.25, -0.2) is 9.79 Å². The summed E-state index contributed by atoms with van der Waals surface area (Å²) in [5.41, 5.74) is 2.70. The Labute approximate surface area is 270 Å². The summed E-state index contributed by atoms with van der Waals surface area (Å²) in [6.07, 6.45) is 2.85. The Morgan fingerprint density at radius 1 is 1.04 bits per heavy atom. The van der Waals surface area contributed by atoms with Gasteiger partial charge in [0.2, 0.25) is 0 Å². The summed E-state index contributed by atoms with van der Waals surface area (Å²) in [6.45, 7) is 9.72. The zero-order valence-corrected chi connectivity index (χ0v) is 27.2. The molecule has 1 aliphatic carbocycles. The van der Waals surface area contributed by atoms with Crippen LogP contribution in [0.2, 0.25) is 0 Å². The molecule has 11 nitrogen and oxygen atoms in total. The van der Waals surface area contributed by atoms with E-state index < -0.39 is 11.4 Å². The van der Waals surface area contributed by atoms with Crippen LogP contribution >= 0.6 is 0 Å². The van der Waals surface area contributed by atoms with Crippen molar-refractivity contribution in [2.75, 3.05) is 13.2 Å². The van der Waals surface area contributed by atoms with Gasteiger partial charge in [-0.2, -0.15) is 0 Å².